The van der Waals surface area contributed by atoms with E-state index in [1.807, 2.05) is 0 Å². The van der Waals surface area contributed by atoms with Crippen molar-refractivity contribution in [2.75, 3.05) is 0 Å². The number of nitriles is 1. The number of hydrogen-bond acceptors (Lipinski definition) is 3. The smallest absolute Gasteiger partial charge is 0.423 e. The first-order valence-corrected chi connectivity index (χ1v) is 3.02. The lowest BCUT2D eigenvalue weighted by atomic mass is 9.78. The summed E-state index contributed by atoms with van der Waals surface area (Å²) in [5, 5.41) is 25.3. The zero-order chi connectivity index (χ0) is 9.72. The fourth-order valence-corrected chi connectivity index (χ4v) is 0.532. The van der Waals surface area contributed by atoms with Crippen LogP contribution >= 0.6 is 0 Å². The SMILES string of the molecule is C=C/C(B(O)O)=C(/F)C(=C)C#N. The molecule has 0 aliphatic heterocycles. The second-order valence-corrected chi connectivity index (χ2v) is 1.94. The highest BCUT2D eigenvalue weighted by Gasteiger charge is 2.18. The molecule has 2 N–H and O–H groups in total. The van der Waals surface area contributed by atoms with Gasteiger partial charge >= 0.3 is 7.12 Å². The zero-order valence-electron chi connectivity index (χ0n) is 6.29. The van der Waals surface area contributed by atoms with Gasteiger partial charge in [0.15, 0.2) is 0 Å². The molecule has 0 rings (SSSR count). The lowest BCUT2D eigenvalue weighted by Gasteiger charge is -2.00. The van der Waals surface area contributed by atoms with Gasteiger partial charge in [-0.05, 0) is 0 Å². The summed E-state index contributed by atoms with van der Waals surface area (Å²) in [6.45, 7) is 6.21. The van der Waals surface area contributed by atoms with Crippen LogP contribution in [0.4, 0.5) is 4.39 Å². The highest BCUT2D eigenvalue weighted by Crippen LogP contribution is 2.15. The minimum Gasteiger partial charge on any atom is -0.423 e. The van der Waals surface area contributed by atoms with Crippen LogP contribution in [0, 0.1) is 11.3 Å². The molecule has 0 atom stereocenters. The highest BCUT2D eigenvalue weighted by atomic mass is 19.1. The van der Waals surface area contributed by atoms with Gasteiger partial charge in [0.1, 0.15) is 11.9 Å². The van der Waals surface area contributed by atoms with Crippen LogP contribution in [-0.2, 0) is 0 Å². The van der Waals surface area contributed by atoms with Gasteiger partial charge in [-0.1, -0.05) is 19.2 Å². The maximum Gasteiger partial charge on any atom is 0.491 e. The molecule has 0 radical (unpaired) electrons. The molecule has 0 unspecified atom stereocenters. The molecule has 0 aromatic carbocycles. The van der Waals surface area contributed by atoms with Crippen LogP contribution in [0.5, 0.6) is 0 Å². The van der Waals surface area contributed by atoms with Crippen molar-refractivity contribution in [3.8, 4) is 6.07 Å². The monoisotopic (exact) mass is 167 g/mol. The molecule has 12 heavy (non-hydrogen) atoms. The number of nitrogens with zero attached hydrogens (tertiary/aromatic N) is 1. The topological polar surface area (TPSA) is 64.2 Å². The van der Waals surface area contributed by atoms with Crippen LogP contribution in [0.3, 0.4) is 0 Å². The molecule has 62 valence electrons. The van der Waals surface area contributed by atoms with Crippen LogP contribution in [-0.4, -0.2) is 17.2 Å². The lowest BCUT2D eigenvalue weighted by Crippen LogP contribution is -2.15. The van der Waals surface area contributed by atoms with Crippen LogP contribution in [0.1, 0.15) is 0 Å². The summed E-state index contributed by atoms with van der Waals surface area (Å²) in [4.78, 5) is 0. The molecule has 0 fully saturated rings. The van der Waals surface area contributed by atoms with E-state index in [0.717, 1.165) is 6.08 Å². The maximum absolute atomic E-state index is 12.9. The van der Waals surface area contributed by atoms with Crippen molar-refractivity contribution < 1.29 is 14.4 Å². The molecule has 3 nitrogen and oxygen atoms in total. The van der Waals surface area contributed by atoms with E-state index in [4.69, 9.17) is 15.3 Å². The highest BCUT2D eigenvalue weighted by molar-refractivity contribution is 6.52. The normalized spacial score (nSPS) is 11.2. The average molecular weight is 167 g/mol. The average Bonchev–Trinajstić information content (AvgIpc) is 2.03. The molecule has 0 aromatic heterocycles. The predicted octanol–water partition coefficient (Wildman–Crippen LogP) is 0.488. The van der Waals surface area contributed by atoms with Gasteiger partial charge in [-0.2, -0.15) is 5.26 Å². The molecule has 0 aromatic rings. The minimum absolute atomic E-state index is 0.457. The van der Waals surface area contributed by atoms with Crippen molar-refractivity contribution in [2.45, 2.75) is 0 Å². The fraction of sp³-hybridized carbons (Fsp3) is 0. The first kappa shape index (κ1) is 10.6. The van der Waals surface area contributed by atoms with Crippen LogP contribution < -0.4 is 0 Å². The Hall–Kier alpha value is -1.38. The third-order valence-corrected chi connectivity index (χ3v) is 1.15. The predicted molar refractivity (Wildman–Crippen MR) is 43.3 cm³/mol. The van der Waals surface area contributed by atoms with Crippen molar-refractivity contribution >= 4 is 7.12 Å². The van der Waals surface area contributed by atoms with E-state index in [2.05, 4.69) is 13.2 Å². The largest absolute Gasteiger partial charge is 0.491 e. The fourth-order valence-electron chi connectivity index (χ4n) is 0.532. The van der Waals surface area contributed by atoms with Gasteiger partial charge < -0.3 is 10.0 Å². The number of halogens is 1. The molecular formula is C7H7BFNO2. The second kappa shape index (κ2) is 4.49. The third-order valence-electron chi connectivity index (χ3n) is 1.15. The molecule has 0 aliphatic carbocycles. The molecule has 0 amide bonds. The second-order valence-electron chi connectivity index (χ2n) is 1.94. The summed E-state index contributed by atoms with van der Waals surface area (Å²) < 4.78 is 12.9. The Bertz CT molecular complexity index is 278. The quantitative estimate of drug-likeness (QED) is 0.365. The molecule has 0 saturated heterocycles. The zero-order valence-corrected chi connectivity index (χ0v) is 6.29. The van der Waals surface area contributed by atoms with Crippen molar-refractivity contribution in [2.24, 2.45) is 0 Å². The summed E-state index contributed by atoms with van der Waals surface area (Å²) in [6.07, 6.45) is 0.919. The van der Waals surface area contributed by atoms with Crippen molar-refractivity contribution in [3.05, 3.63) is 36.1 Å². The van der Waals surface area contributed by atoms with Crippen molar-refractivity contribution in [3.63, 3.8) is 0 Å². The summed E-state index contributed by atoms with van der Waals surface area (Å²) >= 11 is 0. The Morgan fingerprint density at radius 3 is 2.33 bits per heavy atom. The van der Waals surface area contributed by atoms with E-state index in [1.54, 1.807) is 0 Å². The van der Waals surface area contributed by atoms with Crippen LogP contribution in [0.2, 0.25) is 0 Å². The van der Waals surface area contributed by atoms with E-state index in [-0.39, 0.29) is 0 Å². The Kier molecular flexibility index (Phi) is 3.98. The van der Waals surface area contributed by atoms with E-state index in [9.17, 15) is 4.39 Å². The summed E-state index contributed by atoms with van der Waals surface area (Å²) in [6, 6.07) is 1.44. The van der Waals surface area contributed by atoms with Gasteiger partial charge in [-0.3, -0.25) is 0 Å². The molecule has 0 saturated carbocycles. The summed E-state index contributed by atoms with van der Waals surface area (Å²) in [5.41, 5.74) is -0.917. The van der Waals surface area contributed by atoms with Gasteiger partial charge in [0, 0.05) is 5.47 Å². The minimum atomic E-state index is -1.98. The van der Waals surface area contributed by atoms with Crippen molar-refractivity contribution in [1.82, 2.24) is 0 Å². The van der Waals surface area contributed by atoms with Gasteiger partial charge in [0.05, 0.1) is 5.57 Å². The Labute approximate surface area is 69.9 Å². The van der Waals surface area contributed by atoms with Crippen LogP contribution in [0.15, 0.2) is 36.1 Å². The van der Waals surface area contributed by atoms with E-state index >= 15 is 0 Å². The molecule has 0 bridgehead atoms. The first-order chi connectivity index (χ1) is 5.54. The molecule has 0 aliphatic rings. The van der Waals surface area contributed by atoms with Crippen LogP contribution in [0.25, 0.3) is 0 Å². The van der Waals surface area contributed by atoms with Gasteiger partial charge in [0.2, 0.25) is 0 Å². The van der Waals surface area contributed by atoms with E-state index in [0.29, 0.717) is 0 Å². The van der Waals surface area contributed by atoms with E-state index < -0.39 is 24.0 Å². The first-order valence-electron chi connectivity index (χ1n) is 3.02. The molecular weight excluding hydrogens is 160 g/mol. The number of rotatable bonds is 3. The van der Waals surface area contributed by atoms with Crippen molar-refractivity contribution in [1.29, 1.82) is 5.26 Å². The number of allylic oxidation sites excluding steroid dienone is 4. The van der Waals surface area contributed by atoms with Gasteiger partial charge in [-0.25, -0.2) is 4.39 Å². The third kappa shape index (κ3) is 2.34. The van der Waals surface area contributed by atoms with E-state index in [1.165, 1.54) is 6.07 Å². The molecule has 0 spiro atoms. The van der Waals surface area contributed by atoms with Gasteiger partial charge in [0.25, 0.3) is 0 Å². The summed E-state index contributed by atoms with van der Waals surface area (Å²) in [5.74, 6) is -1.05. The Balaban J connectivity index is 5.00. The molecule has 5 heteroatoms. The lowest BCUT2D eigenvalue weighted by molar-refractivity contribution is 0.418. The summed E-state index contributed by atoms with van der Waals surface area (Å²) in [7, 11) is -1.98. The van der Waals surface area contributed by atoms with Gasteiger partial charge in [-0.15, -0.1) is 0 Å². The standard InChI is InChI=1S/C7H7BFNO2/c1-3-6(8(11)12)7(9)5(2)4-10/h3,11-12H,1-2H2/b7-6-. The Morgan fingerprint density at radius 1 is 1.58 bits per heavy atom. The molecule has 0 heterocycles. The Morgan fingerprint density at radius 2 is 2.08 bits per heavy atom. The maximum atomic E-state index is 12.9. The number of hydrogen-bond donors (Lipinski definition) is 2.